The number of aromatic nitrogens is 2. The van der Waals surface area contributed by atoms with Crippen molar-refractivity contribution in [1.29, 1.82) is 0 Å². The van der Waals surface area contributed by atoms with E-state index in [1.165, 1.54) is 0 Å². The van der Waals surface area contributed by atoms with Gasteiger partial charge in [-0.25, -0.2) is 0 Å². The van der Waals surface area contributed by atoms with Gasteiger partial charge in [-0.1, -0.05) is 6.92 Å². The Balaban J connectivity index is 2.63. The van der Waals surface area contributed by atoms with Crippen molar-refractivity contribution in [3.63, 3.8) is 0 Å². The van der Waals surface area contributed by atoms with Gasteiger partial charge < -0.3 is 15.2 Å². The number of aryl methyl sites for hydroxylation is 1. The van der Waals surface area contributed by atoms with E-state index in [4.69, 9.17) is 15.2 Å². The zero-order valence-corrected chi connectivity index (χ0v) is 11.7. The molecule has 0 fully saturated rings. The van der Waals surface area contributed by atoms with Crippen molar-refractivity contribution in [2.45, 2.75) is 13.3 Å². The first-order valence-corrected chi connectivity index (χ1v) is 6.16. The van der Waals surface area contributed by atoms with Gasteiger partial charge in [0.2, 0.25) is 0 Å². The molecule has 102 valence electrons. The van der Waals surface area contributed by atoms with Crippen molar-refractivity contribution in [3.8, 4) is 22.8 Å². The molecule has 5 heteroatoms. The summed E-state index contributed by atoms with van der Waals surface area (Å²) in [5.74, 6) is 2.12. The smallest absolute Gasteiger partial charge is 0.164 e. The van der Waals surface area contributed by atoms with E-state index in [-0.39, 0.29) is 0 Å². The number of rotatable bonds is 4. The molecule has 0 saturated carbocycles. The molecule has 0 amide bonds. The van der Waals surface area contributed by atoms with Crippen LogP contribution < -0.4 is 15.2 Å². The van der Waals surface area contributed by atoms with Crippen molar-refractivity contribution in [3.05, 3.63) is 23.8 Å². The van der Waals surface area contributed by atoms with Crippen LogP contribution in [0.4, 0.5) is 5.82 Å². The van der Waals surface area contributed by atoms with Crippen LogP contribution in [0.25, 0.3) is 11.3 Å². The van der Waals surface area contributed by atoms with E-state index in [2.05, 4.69) is 12.0 Å². The van der Waals surface area contributed by atoms with E-state index in [0.29, 0.717) is 5.82 Å². The molecule has 0 aliphatic heterocycles. The first kappa shape index (κ1) is 13.3. The molecule has 0 aliphatic rings. The Bertz CT molecular complexity index is 571. The standard InChI is InChI=1S/C14H19N3O2/c1-5-9-10(11-8-13(15)17(2)16-11)6-7-12(18-3)14(9)19-4/h6-8H,5,15H2,1-4H3. The number of benzene rings is 1. The Morgan fingerprint density at radius 2 is 2.00 bits per heavy atom. The molecule has 0 spiro atoms. The number of nitrogens with two attached hydrogens (primary N) is 1. The van der Waals surface area contributed by atoms with Crippen LogP contribution in [0.5, 0.6) is 11.5 Å². The molecule has 0 unspecified atom stereocenters. The average molecular weight is 261 g/mol. The fraction of sp³-hybridized carbons (Fsp3) is 0.357. The van der Waals surface area contributed by atoms with E-state index in [9.17, 15) is 0 Å². The summed E-state index contributed by atoms with van der Waals surface area (Å²) in [6.45, 7) is 2.08. The lowest BCUT2D eigenvalue weighted by Gasteiger charge is -2.14. The highest BCUT2D eigenvalue weighted by Gasteiger charge is 2.16. The second-order valence-corrected chi connectivity index (χ2v) is 4.26. The highest BCUT2D eigenvalue weighted by Crippen LogP contribution is 2.38. The molecule has 0 aliphatic carbocycles. The summed E-state index contributed by atoms with van der Waals surface area (Å²) >= 11 is 0. The minimum atomic E-state index is 0.631. The molecular weight excluding hydrogens is 242 g/mol. The Labute approximate surface area is 112 Å². The fourth-order valence-electron chi connectivity index (χ4n) is 2.20. The van der Waals surface area contributed by atoms with Gasteiger partial charge in [0.05, 0.1) is 19.9 Å². The van der Waals surface area contributed by atoms with Gasteiger partial charge in [0.15, 0.2) is 11.5 Å². The van der Waals surface area contributed by atoms with Crippen LogP contribution >= 0.6 is 0 Å². The van der Waals surface area contributed by atoms with Gasteiger partial charge in [-0.15, -0.1) is 0 Å². The van der Waals surface area contributed by atoms with Crippen molar-refractivity contribution in [2.24, 2.45) is 7.05 Å². The second kappa shape index (κ2) is 5.22. The van der Waals surface area contributed by atoms with E-state index in [1.54, 1.807) is 18.9 Å². The topological polar surface area (TPSA) is 62.3 Å². The van der Waals surface area contributed by atoms with Gasteiger partial charge >= 0.3 is 0 Å². The zero-order chi connectivity index (χ0) is 14.0. The monoisotopic (exact) mass is 261 g/mol. The minimum Gasteiger partial charge on any atom is -0.493 e. The summed E-state index contributed by atoms with van der Waals surface area (Å²) in [4.78, 5) is 0. The lowest BCUT2D eigenvalue weighted by atomic mass is 10.0. The maximum atomic E-state index is 5.84. The summed E-state index contributed by atoms with van der Waals surface area (Å²) < 4.78 is 12.4. The number of hydrogen-bond acceptors (Lipinski definition) is 4. The van der Waals surface area contributed by atoms with Crippen molar-refractivity contribution >= 4 is 5.82 Å². The second-order valence-electron chi connectivity index (χ2n) is 4.26. The number of nitrogen functional groups attached to an aromatic ring is 1. The quantitative estimate of drug-likeness (QED) is 0.917. The van der Waals surface area contributed by atoms with E-state index in [0.717, 1.165) is 34.7 Å². The summed E-state index contributed by atoms with van der Waals surface area (Å²) in [6.07, 6.45) is 0.826. The van der Waals surface area contributed by atoms with Crippen LogP contribution in [-0.2, 0) is 13.5 Å². The Morgan fingerprint density at radius 3 is 2.47 bits per heavy atom. The molecule has 2 N–H and O–H groups in total. The van der Waals surface area contributed by atoms with E-state index >= 15 is 0 Å². The average Bonchev–Trinajstić information content (AvgIpc) is 2.76. The lowest BCUT2D eigenvalue weighted by molar-refractivity contribution is 0.352. The maximum Gasteiger partial charge on any atom is 0.164 e. The van der Waals surface area contributed by atoms with Crippen molar-refractivity contribution < 1.29 is 9.47 Å². The molecule has 0 saturated heterocycles. The fourth-order valence-corrected chi connectivity index (χ4v) is 2.20. The molecule has 5 nitrogen and oxygen atoms in total. The van der Waals surface area contributed by atoms with Crippen LogP contribution in [0.15, 0.2) is 18.2 Å². The number of methoxy groups -OCH3 is 2. The lowest BCUT2D eigenvalue weighted by Crippen LogP contribution is -1.99. The van der Waals surface area contributed by atoms with Gasteiger partial charge in [-0.05, 0) is 18.6 Å². The first-order chi connectivity index (χ1) is 9.12. The largest absolute Gasteiger partial charge is 0.493 e. The van der Waals surface area contributed by atoms with Crippen LogP contribution in [0.1, 0.15) is 12.5 Å². The summed E-state index contributed by atoms with van der Waals surface area (Å²) in [5, 5.41) is 4.42. The van der Waals surface area contributed by atoms with Crippen molar-refractivity contribution in [2.75, 3.05) is 20.0 Å². The molecule has 19 heavy (non-hydrogen) atoms. The van der Waals surface area contributed by atoms with E-state index in [1.807, 2.05) is 25.2 Å². The Morgan fingerprint density at radius 1 is 1.26 bits per heavy atom. The third-order valence-corrected chi connectivity index (χ3v) is 3.19. The number of anilines is 1. The van der Waals surface area contributed by atoms with Gasteiger partial charge in [0.1, 0.15) is 5.82 Å². The summed E-state index contributed by atoms with van der Waals surface area (Å²) in [5.41, 5.74) is 8.78. The van der Waals surface area contributed by atoms with Crippen molar-refractivity contribution in [1.82, 2.24) is 9.78 Å². The minimum absolute atomic E-state index is 0.631. The predicted molar refractivity (Wildman–Crippen MR) is 75.5 cm³/mol. The molecule has 2 rings (SSSR count). The van der Waals surface area contributed by atoms with Gasteiger partial charge in [0, 0.05) is 24.2 Å². The zero-order valence-electron chi connectivity index (χ0n) is 11.7. The molecule has 0 radical (unpaired) electrons. The Hall–Kier alpha value is -2.17. The highest BCUT2D eigenvalue weighted by atomic mass is 16.5. The van der Waals surface area contributed by atoms with Gasteiger partial charge in [0.25, 0.3) is 0 Å². The molecule has 1 heterocycles. The first-order valence-electron chi connectivity index (χ1n) is 6.16. The van der Waals surface area contributed by atoms with Crippen LogP contribution in [0.2, 0.25) is 0 Å². The van der Waals surface area contributed by atoms with Gasteiger partial charge in [-0.2, -0.15) is 5.10 Å². The molecule has 2 aromatic rings. The normalized spacial score (nSPS) is 10.5. The summed E-state index contributed by atoms with van der Waals surface area (Å²) in [6, 6.07) is 5.74. The van der Waals surface area contributed by atoms with Crippen LogP contribution in [-0.4, -0.2) is 24.0 Å². The number of ether oxygens (including phenoxy) is 2. The third kappa shape index (κ3) is 2.23. The summed E-state index contributed by atoms with van der Waals surface area (Å²) in [7, 11) is 5.11. The Kier molecular flexibility index (Phi) is 3.64. The SMILES string of the molecule is CCc1c(-c2cc(N)n(C)n2)ccc(OC)c1OC. The van der Waals surface area contributed by atoms with E-state index < -0.39 is 0 Å². The molecule has 0 atom stereocenters. The number of nitrogens with zero attached hydrogens (tertiary/aromatic N) is 2. The molecule has 1 aromatic carbocycles. The highest BCUT2D eigenvalue weighted by molar-refractivity contribution is 5.71. The van der Waals surface area contributed by atoms with Crippen LogP contribution in [0.3, 0.4) is 0 Å². The maximum absolute atomic E-state index is 5.84. The molecule has 0 bridgehead atoms. The third-order valence-electron chi connectivity index (χ3n) is 3.19. The molecule has 1 aromatic heterocycles. The predicted octanol–water partition coefficient (Wildman–Crippen LogP) is 2.25. The van der Waals surface area contributed by atoms with Crippen LogP contribution in [0, 0.1) is 0 Å². The van der Waals surface area contributed by atoms with Gasteiger partial charge in [-0.3, -0.25) is 4.68 Å². The number of hydrogen-bond donors (Lipinski definition) is 1. The molecular formula is C14H19N3O2.